The van der Waals surface area contributed by atoms with Gasteiger partial charge in [0.15, 0.2) is 0 Å². The quantitative estimate of drug-likeness (QED) is 0.766. The van der Waals surface area contributed by atoms with Crippen molar-refractivity contribution in [1.29, 1.82) is 0 Å². The highest BCUT2D eigenvalue weighted by Gasteiger charge is 2.24. The smallest absolute Gasteiger partial charge is 0.317 e. The number of hydrogen-bond acceptors (Lipinski definition) is 5. The molecule has 0 atom stereocenters. The maximum atomic E-state index is 12.5. The van der Waals surface area contributed by atoms with E-state index in [2.05, 4.69) is 0 Å². The van der Waals surface area contributed by atoms with Gasteiger partial charge in [-0.1, -0.05) is 0 Å². The first kappa shape index (κ1) is 15.1. The van der Waals surface area contributed by atoms with Crippen molar-refractivity contribution in [2.75, 3.05) is 45.6 Å². The Kier molecular flexibility index (Phi) is 4.64. The lowest BCUT2D eigenvalue weighted by Gasteiger charge is -2.34. The van der Waals surface area contributed by atoms with Gasteiger partial charge in [0.25, 0.3) is 5.91 Å². The Hall–Kier alpha value is -2.28. The second-order valence-electron chi connectivity index (χ2n) is 4.92. The number of rotatable bonds is 4. The van der Waals surface area contributed by atoms with E-state index in [1.807, 2.05) is 0 Å². The van der Waals surface area contributed by atoms with Gasteiger partial charge >= 0.3 is 5.97 Å². The molecule has 0 saturated carbocycles. The van der Waals surface area contributed by atoms with E-state index in [1.165, 1.54) is 7.11 Å². The van der Waals surface area contributed by atoms with Crippen LogP contribution in [0.3, 0.4) is 0 Å². The van der Waals surface area contributed by atoms with Gasteiger partial charge in [-0.25, -0.2) is 0 Å². The first-order valence-corrected chi connectivity index (χ1v) is 6.68. The molecule has 1 fully saturated rings. The largest absolute Gasteiger partial charge is 0.497 e. The molecule has 114 valence electrons. The highest BCUT2D eigenvalue weighted by Crippen LogP contribution is 2.21. The number of benzene rings is 1. The number of carbonyl (C=O) groups is 2. The third kappa shape index (κ3) is 3.63. The molecule has 0 unspecified atom stereocenters. The molecule has 1 heterocycles. The normalized spacial score (nSPS) is 15.8. The molecule has 1 aromatic carbocycles. The Morgan fingerprint density at radius 2 is 1.95 bits per heavy atom. The zero-order chi connectivity index (χ0) is 15.4. The summed E-state index contributed by atoms with van der Waals surface area (Å²) < 4.78 is 5.11. The maximum absolute atomic E-state index is 12.5. The van der Waals surface area contributed by atoms with Crippen molar-refractivity contribution in [3.05, 3.63) is 23.8 Å². The second-order valence-corrected chi connectivity index (χ2v) is 4.92. The first-order chi connectivity index (χ1) is 10.0. The average Bonchev–Trinajstić information content (AvgIpc) is 2.47. The van der Waals surface area contributed by atoms with Crippen LogP contribution in [0.1, 0.15) is 10.4 Å². The number of methoxy groups -OCH3 is 1. The second kappa shape index (κ2) is 6.45. The Balaban J connectivity index is 2.03. The lowest BCUT2D eigenvalue weighted by Crippen LogP contribution is -2.50. The standard InChI is InChI=1S/C14H19N3O4/c1-21-10-2-3-12(15)11(8-10)14(20)17-6-4-16(5-7-17)9-13(18)19/h2-3,8H,4-7,9,15H2,1H3,(H,18,19). The zero-order valence-electron chi connectivity index (χ0n) is 11.9. The van der Waals surface area contributed by atoms with Crippen LogP contribution in [-0.2, 0) is 4.79 Å². The van der Waals surface area contributed by atoms with Gasteiger partial charge in [-0.15, -0.1) is 0 Å². The molecule has 1 aromatic rings. The van der Waals surface area contributed by atoms with Crippen molar-refractivity contribution >= 4 is 17.6 Å². The van der Waals surface area contributed by atoms with Crippen molar-refractivity contribution in [2.45, 2.75) is 0 Å². The summed E-state index contributed by atoms with van der Waals surface area (Å²) in [5, 5.41) is 8.76. The molecule has 21 heavy (non-hydrogen) atoms. The van der Waals surface area contributed by atoms with Crippen molar-refractivity contribution in [2.24, 2.45) is 0 Å². The summed E-state index contributed by atoms with van der Waals surface area (Å²) in [5.74, 6) is -0.426. The van der Waals surface area contributed by atoms with Crippen LogP contribution in [0.2, 0.25) is 0 Å². The van der Waals surface area contributed by atoms with E-state index in [0.717, 1.165) is 0 Å². The molecule has 1 amide bonds. The third-order valence-electron chi connectivity index (χ3n) is 3.51. The molecule has 0 spiro atoms. The number of nitrogens with zero attached hydrogens (tertiary/aromatic N) is 2. The minimum Gasteiger partial charge on any atom is -0.497 e. The minimum absolute atomic E-state index is 0.00330. The number of anilines is 1. The van der Waals surface area contributed by atoms with Crippen molar-refractivity contribution in [1.82, 2.24) is 9.80 Å². The van der Waals surface area contributed by atoms with Gasteiger partial charge < -0.3 is 20.5 Å². The number of nitrogen functional groups attached to an aromatic ring is 1. The highest BCUT2D eigenvalue weighted by atomic mass is 16.5. The fourth-order valence-electron chi connectivity index (χ4n) is 2.32. The number of hydrogen-bond donors (Lipinski definition) is 2. The van der Waals surface area contributed by atoms with Gasteiger partial charge in [0, 0.05) is 31.9 Å². The lowest BCUT2D eigenvalue weighted by atomic mass is 10.1. The molecule has 0 bridgehead atoms. The number of carbonyl (C=O) groups excluding carboxylic acids is 1. The SMILES string of the molecule is COc1ccc(N)c(C(=O)N2CCN(CC(=O)O)CC2)c1. The predicted octanol–water partition coefficient (Wildman–Crippen LogP) is 0.120. The van der Waals surface area contributed by atoms with Gasteiger partial charge in [-0.2, -0.15) is 0 Å². The van der Waals surface area contributed by atoms with Gasteiger partial charge in [-0.05, 0) is 18.2 Å². The molecule has 1 saturated heterocycles. The number of nitrogens with two attached hydrogens (primary N) is 1. The van der Waals surface area contributed by atoms with E-state index in [-0.39, 0.29) is 12.5 Å². The molecule has 7 heteroatoms. The molecule has 7 nitrogen and oxygen atoms in total. The number of ether oxygens (including phenoxy) is 1. The van der Waals surface area contributed by atoms with Gasteiger partial charge in [0.1, 0.15) is 5.75 Å². The lowest BCUT2D eigenvalue weighted by molar-refractivity contribution is -0.138. The monoisotopic (exact) mass is 293 g/mol. The van der Waals surface area contributed by atoms with Crippen LogP contribution in [0.15, 0.2) is 18.2 Å². The van der Waals surface area contributed by atoms with Crippen LogP contribution in [-0.4, -0.2) is 66.6 Å². The minimum atomic E-state index is -0.855. The molecular formula is C14H19N3O4. The molecule has 1 aliphatic rings. The van der Waals surface area contributed by atoms with Crippen LogP contribution in [0.5, 0.6) is 5.75 Å². The van der Waals surface area contributed by atoms with Crippen LogP contribution < -0.4 is 10.5 Å². The number of aliphatic carboxylic acids is 1. The summed E-state index contributed by atoms with van der Waals surface area (Å²) in [5.41, 5.74) is 6.68. The Bertz CT molecular complexity index is 539. The summed E-state index contributed by atoms with van der Waals surface area (Å²) in [7, 11) is 1.53. The van der Waals surface area contributed by atoms with Crippen LogP contribution in [0.4, 0.5) is 5.69 Å². The fourth-order valence-corrected chi connectivity index (χ4v) is 2.32. The Morgan fingerprint density at radius 3 is 2.52 bits per heavy atom. The third-order valence-corrected chi connectivity index (χ3v) is 3.51. The number of carboxylic acids is 1. The van der Waals surface area contributed by atoms with Gasteiger partial charge in [0.2, 0.25) is 0 Å². The van der Waals surface area contributed by atoms with Crippen LogP contribution in [0, 0.1) is 0 Å². The van der Waals surface area contributed by atoms with E-state index in [1.54, 1.807) is 28.0 Å². The summed E-state index contributed by atoms with van der Waals surface area (Å²) >= 11 is 0. The van der Waals surface area contributed by atoms with E-state index in [9.17, 15) is 9.59 Å². The van der Waals surface area contributed by atoms with E-state index in [0.29, 0.717) is 43.2 Å². The molecular weight excluding hydrogens is 274 g/mol. The summed E-state index contributed by atoms with van der Waals surface area (Å²) in [4.78, 5) is 26.6. The summed E-state index contributed by atoms with van der Waals surface area (Å²) in [6.07, 6.45) is 0. The number of piperazine rings is 1. The molecule has 2 rings (SSSR count). The molecule has 1 aliphatic heterocycles. The van der Waals surface area contributed by atoms with Crippen LogP contribution in [0.25, 0.3) is 0 Å². The number of carboxylic acid groups (broad SMARTS) is 1. The predicted molar refractivity (Wildman–Crippen MR) is 77.4 cm³/mol. The highest BCUT2D eigenvalue weighted by molar-refractivity contribution is 5.99. The Morgan fingerprint density at radius 1 is 1.29 bits per heavy atom. The van der Waals surface area contributed by atoms with Gasteiger partial charge in [-0.3, -0.25) is 14.5 Å². The maximum Gasteiger partial charge on any atom is 0.317 e. The molecule has 0 aliphatic carbocycles. The number of amides is 1. The van der Waals surface area contributed by atoms with Gasteiger partial charge in [0.05, 0.1) is 19.2 Å². The molecule has 3 N–H and O–H groups in total. The van der Waals surface area contributed by atoms with Crippen molar-refractivity contribution < 1.29 is 19.4 Å². The van der Waals surface area contributed by atoms with Crippen molar-refractivity contribution in [3.63, 3.8) is 0 Å². The van der Waals surface area contributed by atoms with E-state index < -0.39 is 5.97 Å². The zero-order valence-corrected chi connectivity index (χ0v) is 11.9. The summed E-state index contributed by atoms with van der Waals surface area (Å²) in [6.45, 7) is 2.07. The average molecular weight is 293 g/mol. The Labute approximate surface area is 122 Å². The first-order valence-electron chi connectivity index (χ1n) is 6.68. The molecule has 0 aromatic heterocycles. The van der Waals surface area contributed by atoms with E-state index >= 15 is 0 Å². The topological polar surface area (TPSA) is 96.1 Å². The summed E-state index contributed by atoms with van der Waals surface area (Å²) in [6, 6.07) is 4.98. The van der Waals surface area contributed by atoms with E-state index in [4.69, 9.17) is 15.6 Å². The van der Waals surface area contributed by atoms with Crippen molar-refractivity contribution in [3.8, 4) is 5.75 Å². The fraction of sp³-hybridized carbons (Fsp3) is 0.429. The van der Waals surface area contributed by atoms with Crippen LogP contribution >= 0.6 is 0 Å². The molecule has 0 radical (unpaired) electrons.